The van der Waals surface area contributed by atoms with Gasteiger partial charge in [0.25, 0.3) is 0 Å². The van der Waals surface area contributed by atoms with Crippen LogP contribution in [-0.2, 0) is 6.61 Å². The molecule has 148 valence electrons. The number of hydrogen-bond acceptors (Lipinski definition) is 7. The maximum absolute atomic E-state index is 12.4. The van der Waals surface area contributed by atoms with Gasteiger partial charge in [-0.2, -0.15) is 5.26 Å². The van der Waals surface area contributed by atoms with Gasteiger partial charge >= 0.3 is 5.97 Å². The fourth-order valence-electron chi connectivity index (χ4n) is 2.53. The van der Waals surface area contributed by atoms with E-state index in [1.807, 2.05) is 18.2 Å². The van der Waals surface area contributed by atoms with E-state index >= 15 is 0 Å². The first-order valence-electron chi connectivity index (χ1n) is 8.88. The van der Waals surface area contributed by atoms with Crippen molar-refractivity contribution >= 4 is 5.97 Å². The van der Waals surface area contributed by atoms with E-state index in [2.05, 4.69) is 0 Å². The van der Waals surface area contributed by atoms with Gasteiger partial charge in [-0.3, -0.25) is 0 Å². The summed E-state index contributed by atoms with van der Waals surface area (Å²) >= 11 is 0. The maximum atomic E-state index is 12.4. The van der Waals surface area contributed by atoms with Crippen LogP contribution in [0.2, 0.25) is 0 Å². The number of ether oxygens (including phenoxy) is 4. The number of furan rings is 1. The number of benzene rings is 2. The normalized spacial score (nSPS) is 10.1. The van der Waals surface area contributed by atoms with Crippen molar-refractivity contribution in [2.45, 2.75) is 13.5 Å². The van der Waals surface area contributed by atoms with E-state index in [-0.39, 0.29) is 18.1 Å². The molecule has 29 heavy (non-hydrogen) atoms. The van der Waals surface area contributed by atoms with E-state index in [4.69, 9.17) is 28.6 Å². The lowest BCUT2D eigenvalue weighted by atomic mass is 10.2. The zero-order chi connectivity index (χ0) is 20.6. The van der Waals surface area contributed by atoms with Crippen molar-refractivity contribution in [3.05, 3.63) is 71.7 Å². The molecule has 0 unspecified atom stereocenters. The number of nitrogens with zero attached hydrogens (tertiary/aromatic N) is 1. The Labute approximate surface area is 168 Å². The molecule has 0 aliphatic rings. The average molecular weight is 393 g/mol. The minimum atomic E-state index is -0.681. The van der Waals surface area contributed by atoms with E-state index < -0.39 is 5.97 Å². The molecule has 0 amide bonds. The molecule has 0 aliphatic carbocycles. The summed E-state index contributed by atoms with van der Waals surface area (Å²) in [6, 6.07) is 17.0. The van der Waals surface area contributed by atoms with Crippen LogP contribution in [-0.4, -0.2) is 19.7 Å². The van der Waals surface area contributed by atoms with Crippen molar-refractivity contribution in [2.75, 3.05) is 13.7 Å². The molecular formula is C22H19NO6. The third-order valence-corrected chi connectivity index (χ3v) is 3.88. The molecule has 3 aromatic rings. The summed E-state index contributed by atoms with van der Waals surface area (Å²) in [5.74, 6) is 1.48. The molecule has 0 aliphatic heterocycles. The van der Waals surface area contributed by atoms with Gasteiger partial charge in [-0.1, -0.05) is 12.1 Å². The van der Waals surface area contributed by atoms with Gasteiger partial charge in [-0.25, -0.2) is 4.79 Å². The van der Waals surface area contributed by atoms with Gasteiger partial charge in [-0.15, -0.1) is 0 Å². The van der Waals surface area contributed by atoms with Gasteiger partial charge in [0, 0.05) is 6.07 Å². The van der Waals surface area contributed by atoms with Gasteiger partial charge in [-0.05, 0) is 43.3 Å². The van der Waals surface area contributed by atoms with Crippen molar-refractivity contribution in [3.8, 4) is 29.1 Å². The van der Waals surface area contributed by atoms with Crippen LogP contribution in [0.25, 0.3) is 0 Å². The van der Waals surface area contributed by atoms with Gasteiger partial charge in [0.2, 0.25) is 5.76 Å². The van der Waals surface area contributed by atoms with Crippen LogP contribution < -0.4 is 18.9 Å². The Kier molecular flexibility index (Phi) is 6.38. The van der Waals surface area contributed by atoms with Crippen LogP contribution in [0.3, 0.4) is 0 Å². The summed E-state index contributed by atoms with van der Waals surface area (Å²) in [7, 11) is 1.56. The van der Waals surface area contributed by atoms with E-state index in [1.54, 1.807) is 38.3 Å². The first-order valence-corrected chi connectivity index (χ1v) is 8.88. The van der Waals surface area contributed by atoms with E-state index in [9.17, 15) is 4.79 Å². The molecule has 7 nitrogen and oxygen atoms in total. The fourth-order valence-corrected chi connectivity index (χ4v) is 2.53. The van der Waals surface area contributed by atoms with Gasteiger partial charge < -0.3 is 23.4 Å². The van der Waals surface area contributed by atoms with Crippen LogP contribution >= 0.6 is 0 Å². The zero-order valence-electron chi connectivity index (χ0n) is 16.0. The van der Waals surface area contributed by atoms with E-state index in [0.717, 1.165) is 0 Å². The first kappa shape index (κ1) is 19.8. The Bertz CT molecular complexity index is 1030. The van der Waals surface area contributed by atoms with Crippen molar-refractivity contribution < 1.29 is 28.2 Å². The minimum Gasteiger partial charge on any atom is -0.493 e. The molecule has 0 fully saturated rings. The number of carbonyl (C=O) groups excluding carboxylic acids is 1. The Morgan fingerprint density at radius 3 is 2.52 bits per heavy atom. The molecule has 1 aromatic heterocycles. The van der Waals surface area contributed by atoms with E-state index in [0.29, 0.717) is 35.2 Å². The Morgan fingerprint density at radius 2 is 1.79 bits per heavy atom. The molecule has 0 saturated heterocycles. The summed E-state index contributed by atoms with van der Waals surface area (Å²) in [5.41, 5.74) is 0.405. The van der Waals surface area contributed by atoms with Crippen LogP contribution in [0, 0.1) is 11.3 Å². The Balaban J connectivity index is 1.67. The molecule has 2 aromatic carbocycles. The van der Waals surface area contributed by atoms with Crippen LogP contribution in [0.4, 0.5) is 0 Å². The minimum absolute atomic E-state index is 0.0236. The summed E-state index contributed by atoms with van der Waals surface area (Å²) in [6.07, 6.45) is 0. The molecule has 0 atom stereocenters. The number of methoxy groups -OCH3 is 1. The summed E-state index contributed by atoms with van der Waals surface area (Å²) in [4.78, 5) is 12.4. The predicted octanol–water partition coefficient (Wildman–Crippen LogP) is 4.36. The lowest BCUT2D eigenvalue weighted by Gasteiger charge is -2.10. The topological polar surface area (TPSA) is 90.9 Å². The maximum Gasteiger partial charge on any atom is 0.379 e. The second kappa shape index (κ2) is 9.33. The standard InChI is InChI=1S/C22H19NO6/c1-3-26-21-12-15(13-23)8-10-19(21)29-22(24)20-11-9-16(28-20)14-27-18-7-5-4-6-17(18)25-2/h4-12H,3,14H2,1-2H3. The number of nitriles is 1. The molecule has 0 spiro atoms. The quantitative estimate of drug-likeness (QED) is 0.415. The summed E-state index contributed by atoms with van der Waals surface area (Å²) in [6.45, 7) is 2.28. The predicted molar refractivity (Wildman–Crippen MR) is 103 cm³/mol. The Morgan fingerprint density at radius 1 is 1.00 bits per heavy atom. The summed E-state index contributed by atoms with van der Waals surface area (Å²) in [5, 5.41) is 9.00. The monoisotopic (exact) mass is 393 g/mol. The van der Waals surface area contributed by atoms with Gasteiger partial charge in [0.1, 0.15) is 12.4 Å². The van der Waals surface area contributed by atoms with Crippen LogP contribution in [0.5, 0.6) is 23.0 Å². The molecule has 0 bridgehead atoms. The first-order chi connectivity index (χ1) is 14.1. The largest absolute Gasteiger partial charge is 0.493 e. The number of para-hydroxylation sites is 2. The van der Waals surface area contributed by atoms with Crippen molar-refractivity contribution in [2.24, 2.45) is 0 Å². The summed E-state index contributed by atoms with van der Waals surface area (Å²) < 4.78 is 27.2. The number of rotatable bonds is 8. The van der Waals surface area contributed by atoms with E-state index in [1.165, 1.54) is 18.2 Å². The number of hydrogen-bond donors (Lipinski definition) is 0. The highest BCUT2D eigenvalue weighted by atomic mass is 16.6. The zero-order valence-corrected chi connectivity index (χ0v) is 16.0. The van der Waals surface area contributed by atoms with Gasteiger partial charge in [0.05, 0.1) is 25.3 Å². The number of esters is 1. The molecular weight excluding hydrogens is 374 g/mol. The molecule has 0 saturated carbocycles. The SMILES string of the molecule is CCOc1cc(C#N)ccc1OC(=O)c1ccc(COc2ccccc2OC)o1. The van der Waals surface area contributed by atoms with Crippen molar-refractivity contribution in [1.82, 2.24) is 0 Å². The van der Waals surface area contributed by atoms with Crippen molar-refractivity contribution in [1.29, 1.82) is 5.26 Å². The Hall–Kier alpha value is -3.92. The van der Waals surface area contributed by atoms with Gasteiger partial charge in [0.15, 0.2) is 23.0 Å². The highest BCUT2D eigenvalue weighted by molar-refractivity contribution is 5.88. The third-order valence-electron chi connectivity index (χ3n) is 3.88. The highest BCUT2D eigenvalue weighted by Crippen LogP contribution is 2.30. The highest BCUT2D eigenvalue weighted by Gasteiger charge is 2.17. The van der Waals surface area contributed by atoms with Crippen LogP contribution in [0.15, 0.2) is 59.0 Å². The molecule has 0 N–H and O–H groups in total. The lowest BCUT2D eigenvalue weighted by molar-refractivity contribution is 0.0690. The molecule has 1 heterocycles. The lowest BCUT2D eigenvalue weighted by Crippen LogP contribution is -2.09. The molecule has 0 radical (unpaired) electrons. The van der Waals surface area contributed by atoms with Crippen molar-refractivity contribution in [3.63, 3.8) is 0 Å². The number of carbonyl (C=O) groups is 1. The van der Waals surface area contributed by atoms with Crippen LogP contribution in [0.1, 0.15) is 28.8 Å². The molecule has 3 rings (SSSR count). The molecule has 7 heteroatoms. The third kappa shape index (κ3) is 4.87. The fraction of sp³-hybridized carbons (Fsp3) is 0.182. The second-order valence-electron chi connectivity index (χ2n) is 5.80. The second-order valence-corrected chi connectivity index (χ2v) is 5.80. The average Bonchev–Trinajstić information content (AvgIpc) is 3.23. The smallest absolute Gasteiger partial charge is 0.379 e.